The zero-order chi connectivity index (χ0) is 15.5. The predicted molar refractivity (Wildman–Crippen MR) is 89.3 cm³/mol. The van der Waals surface area contributed by atoms with Gasteiger partial charge in [0.25, 0.3) is 5.91 Å². The molecule has 22 heavy (non-hydrogen) atoms. The van der Waals surface area contributed by atoms with Crippen LogP contribution in [-0.4, -0.2) is 77.9 Å². The van der Waals surface area contributed by atoms with Crippen LogP contribution in [0.5, 0.6) is 0 Å². The predicted octanol–water partition coefficient (Wildman–Crippen LogP) is 1.63. The van der Waals surface area contributed by atoms with Gasteiger partial charge in [-0.2, -0.15) is 0 Å². The molecule has 2 aliphatic heterocycles. The van der Waals surface area contributed by atoms with Crippen molar-refractivity contribution in [3.8, 4) is 0 Å². The fourth-order valence-corrected chi connectivity index (χ4v) is 4.12. The van der Waals surface area contributed by atoms with E-state index in [4.69, 9.17) is 0 Å². The highest BCUT2D eigenvalue weighted by molar-refractivity contribution is 7.07. The van der Waals surface area contributed by atoms with Crippen molar-refractivity contribution in [3.63, 3.8) is 0 Å². The Morgan fingerprint density at radius 1 is 1.23 bits per heavy atom. The number of hydrogen-bond donors (Lipinski definition) is 0. The van der Waals surface area contributed by atoms with Crippen LogP contribution >= 0.6 is 11.3 Å². The van der Waals surface area contributed by atoms with Crippen LogP contribution in [0.2, 0.25) is 0 Å². The summed E-state index contributed by atoms with van der Waals surface area (Å²) in [6.45, 7) is 8.81. The highest BCUT2D eigenvalue weighted by atomic mass is 32.1. The molecule has 0 bridgehead atoms. The number of thiazole rings is 1. The SMILES string of the molecule is C[C@@H](C1CCN(C(=O)c2cscn2)CC1)N1CCN(C)CC1. The van der Waals surface area contributed by atoms with E-state index in [1.807, 2.05) is 10.3 Å². The van der Waals surface area contributed by atoms with Crippen molar-refractivity contribution in [3.05, 3.63) is 16.6 Å². The molecular weight excluding hydrogens is 296 g/mol. The normalized spacial score (nSPS) is 23.6. The summed E-state index contributed by atoms with van der Waals surface area (Å²) >= 11 is 1.49. The van der Waals surface area contributed by atoms with E-state index >= 15 is 0 Å². The number of likely N-dealkylation sites (tertiary alicyclic amines) is 1. The van der Waals surface area contributed by atoms with E-state index in [9.17, 15) is 4.79 Å². The van der Waals surface area contributed by atoms with Gasteiger partial charge >= 0.3 is 0 Å². The molecule has 2 aliphatic rings. The van der Waals surface area contributed by atoms with Gasteiger partial charge in [-0.3, -0.25) is 9.69 Å². The van der Waals surface area contributed by atoms with Gasteiger partial charge < -0.3 is 9.80 Å². The Morgan fingerprint density at radius 2 is 1.91 bits per heavy atom. The number of piperazine rings is 1. The lowest BCUT2D eigenvalue weighted by molar-refractivity contribution is 0.0497. The fourth-order valence-electron chi connectivity index (χ4n) is 3.59. The summed E-state index contributed by atoms with van der Waals surface area (Å²) in [6, 6.07) is 0.630. The van der Waals surface area contributed by atoms with Crippen LogP contribution in [0.3, 0.4) is 0 Å². The summed E-state index contributed by atoms with van der Waals surface area (Å²) in [7, 11) is 2.20. The second-order valence-electron chi connectivity index (χ2n) is 6.58. The molecule has 3 rings (SSSR count). The standard InChI is InChI=1S/C16H26N4OS/c1-13(19-9-7-18(2)8-10-19)14-3-5-20(6-4-14)16(21)15-11-22-12-17-15/h11-14H,3-10H2,1-2H3/t13-/m0/s1. The molecule has 0 aromatic carbocycles. The first-order valence-corrected chi connectivity index (χ1v) is 9.19. The quantitative estimate of drug-likeness (QED) is 0.848. The smallest absolute Gasteiger partial charge is 0.273 e. The number of nitrogens with zero attached hydrogens (tertiary/aromatic N) is 4. The van der Waals surface area contributed by atoms with Crippen molar-refractivity contribution in [2.45, 2.75) is 25.8 Å². The first-order chi connectivity index (χ1) is 10.6. The highest BCUT2D eigenvalue weighted by Crippen LogP contribution is 2.25. The number of likely N-dealkylation sites (N-methyl/N-ethyl adjacent to an activating group) is 1. The van der Waals surface area contributed by atoms with E-state index < -0.39 is 0 Å². The first-order valence-electron chi connectivity index (χ1n) is 8.25. The Bertz CT molecular complexity index is 476. The van der Waals surface area contributed by atoms with E-state index in [0.717, 1.165) is 25.9 Å². The van der Waals surface area contributed by atoms with Gasteiger partial charge in [-0.1, -0.05) is 0 Å². The van der Waals surface area contributed by atoms with Gasteiger partial charge in [0.05, 0.1) is 5.51 Å². The summed E-state index contributed by atoms with van der Waals surface area (Å²) in [5.41, 5.74) is 2.34. The maximum Gasteiger partial charge on any atom is 0.273 e. The lowest BCUT2D eigenvalue weighted by Crippen LogP contribution is -2.52. The first kappa shape index (κ1) is 15.9. The molecule has 2 fully saturated rings. The Balaban J connectivity index is 1.50. The topological polar surface area (TPSA) is 39.7 Å². The van der Waals surface area contributed by atoms with Crippen LogP contribution in [-0.2, 0) is 0 Å². The van der Waals surface area contributed by atoms with Crippen LogP contribution < -0.4 is 0 Å². The largest absolute Gasteiger partial charge is 0.337 e. The van der Waals surface area contributed by atoms with Gasteiger partial charge in [-0.25, -0.2) is 4.98 Å². The maximum atomic E-state index is 12.3. The second-order valence-corrected chi connectivity index (χ2v) is 7.30. The number of aromatic nitrogens is 1. The molecule has 2 saturated heterocycles. The summed E-state index contributed by atoms with van der Waals surface area (Å²) in [5, 5.41) is 1.85. The monoisotopic (exact) mass is 322 g/mol. The summed E-state index contributed by atoms with van der Waals surface area (Å²) < 4.78 is 0. The van der Waals surface area contributed by atoms with Gasteiger partial charge in [0, 0.05) is 50.7 Å². The average Bonchev–Trinajstić information content (AvgIpc) is 3.09. The van der Waals surface area contributed by atoms with Crippen LogP contribution in [0.15, 0.2) is 10.9 Å². The zero-order valence-electron chi connectivity index (χ0n) is 13.6. The second kappa shape index (κ2) is 7.06. The lowest BCUT2D eigenvalue weighted by atomic mass is 9.89. The molecule has 0 N–H and O–H groups in total. The minimum atomic E-state index is 0.104. The van der Waals surface area contributed by atoms with Crippen molar-refractivity contribution in [2.24, 2.45) is 5.92 Å². The van der Waals surface area contributed by atoms with Gasteiger partial charge in [0.2, 0.25) is 0 Å². The Labute approximate surface area is 136 Å². The third-order valence-corrected chi connectivity index (χ3v) is 5.86. The van der Waals surface area contributed by atoms with E-state index in [0.29, 0.717) is 17.7 Å². The third-order valence-electron chi connectivity index (χ3n) is 5.27. The van der Waals surface area contributed by atoms with Crippen molar-refractivity contribution in [1.29, 1.82) is 0 Å². The summed E-state index contributed by atoms with van der Waals surface area (Å²) in [6.07, 6.45) is 2.23. The van der Waals surface area contributed by atoms with Crippen molar-refractivity contribution in [1.82, 2.24) is 19.7 Å². The Hall–Kier alpha value is -0.980. The molecule has 1 aromatic heterocycles. The van der Waals surface area contributed by atoms with Crippen LogP contribution in [0.4, 0.5) is 0 Å². The van der Waals surface area contributed by atoms with E-state index in [2.05, 4.69) is 28.8 Å². The number of rotatable bonds is 3. The van der Waals surface area contributed by atoms with E-state index in [1.165, 1.54) is 37.5 Å². The minimum Gasteiger partial charge on any atom is -0.337 e. The molecule has 6 heteroatoms. The molecule has 3 heterocycles. The molecule has 1 aromatic rings. The number of carbonyl (C=O) groups is 1. The fraction of sp³-hybridized carbons (Fsp3) is 0.750. The number of hydrogen-bond acceptors (Lipinski definition) is 5. The highest BCUT2D eigenvalue weighted by Gasteiger charge is 2.31. The van der Waals surface area contributed by atoms with Crippen molar-refractivity contribution < 1.29 is 4.79 Å². The molecule has 1 amide bonds. The molecule has 122 valence electrons. The van der Waals surface area contributed by atoms with Crippen molar-refractivity contribution in [2.75, 3.05) is 46.3 Å². The Kier molecular flexibility index (Phi) is 5.10. The van der Waals surface area contributed by atoms with Crippen LogP contribution in [0.25, 0.3) is 0 Å². The molecule has 0 unspecified atom stereocenters. The van der Waals surface area contributed by atoms with E-state index in [1.54, 1.807) is 5.51 Å². The molecule has 0 radical (unpaired) electrons. The van der Waals surface area contributed by atoms with Gasteiger partial charge in [0.1, 0.15) is 5.69 Å². The average molecular weight is 322 g/mol. The zero-order valence-corrected chi connectivity index (χ0v) is 14.4. The molecule has 0 saturated carbocycles. The summed E-state index contributed by atoms with van der Waals surface area (Å²) in [5.74, 6) is 0.815. The third kappa shape index (κ3) is 3.50. The number of amides is 1. The molecule has 0 spiro atoms. The lowest BCUT2D eigenvalue weighted by Gasteiger charge is -2.42. The molecule has 1 atom stereocenters. The van der Waals surface area contributed by atoms with Gasteiger partial charge in [0.15, 0.2) is 0 Å². The minimum absolute atomic E-state index is 0.104. The molecular formula is C16H26N4OS. The maximum absolute atomic E-state index is 12.3. The van der Waals surface area contributed by atoms with Crippen LogP contribution in [0, 0.1) is 5.92 Å². The van der Waals surface area contributed by atoms with Gasteiger partial charge in [-0.15, -0.1) is 11.3 Å². The molecule has 5 nitrogen and oxygen atoms in total. The van der Waals surface area contributed by atoms with Crippen LogP contribution in [0.1, 0.15) is 30.3 Å². The van der Waals surface area contributed by atoms with Crippen molar-refractivity contribution >= 4 is 17.2 Å². The van der Waals surface area contributed by atoms with E-state index in [-0.39, 0.29) is 5.91 Å². The Morgan fingerprint density at radius 3 is 2.50 bits per heavy atom. The van der Waals surface area contributed by atoms with Gasteiger partial charge in [-0.05, 0) is 32.7 Å². The number of carbonyl (C=O) groups excluding carboxylic acids is 1. The number of piperidine rings is 1. The molecule has 0 aliphatic carbocycles. The summed E-state index contributed by atoms with van der Waals surface area (Å²) in [4.78, 5) is 23.5.